The van der Waals surface area contributed by atoms with Crippen LogP contribution in [0.3, 0.4) is 0 Å². The molecule has 5 rings (SSSR count). The van der Waals surface area contributed by atoms with Crippen molar-refractivity contribution in [2.75, 3.05) is 26.2 Å². The first kappa shape index (κ1) is 16.4. The summed E-state index contributed by atoms with van der Waals surface area (Å²) in [7, 11) is 0. The molecule has 0 aromatic rings. The summed E-state index contributed by atoms with van der Waals surface area (Å²) in [6, 6.07) is 0. The molecule has 4 aliphatic heterocycles. The van der Waals surface area contributed by atoms with Crippen molar-refractivity contribution in [3.05, 3.63) is 0 Å². The molecule has 0 aromatic carbocycles. The van der Waals surface area contributed by atoms with Gasteiger partial charge in [0.25, 0.3) is 0 Å². The van der Waals surface area contributed by atoms with Crippen molar-refractivity contribution in [3.63, 3.8) is 0 Å². The fourth-order valence-electron chi connectivity index (χ4n) is 5.54. The Bertz CT molecular complexity index is 443. The fourth-order valence-corrected chi connectivity index (χ4v) is 5.54. The van der Waals surface area contributed by atoms with Crippen LogP contribution in [0.4, 0.5) is 0 Å². The SMILES string of the molecule is CC(C)(C)N1CCC2(CC1)CC2CC(C)(C)N1C[C@H]2C[C@@H](C1)O2. The van der Waals surface area contributed by atoms with Gasteiger partial charge in [0.2, 0.25) is 0 Å². The van der Waals surface area contributed by atoms with Crippen LogP contribution < -0.4 is 0 Å². The molecule has 3 heteroatoms. The summed E-state index contributed by atoms with van der Waals surface area (Å²) < 4.78 is 5.83. The van der Waals surface area contributed by atoms with Gasteiger partial charge in [0.1, 0.15) is 0 Å². The summed E-state index contributed by atoms with van der Waals surface area (Å²) in [5, 5.41) is 0. The predicted octanol–water partition coefficient (Wildman–Crippen LogP) is 3.53. The maximum absolute atomic E-state index is 5.83. The largest absolute Gasteiger partial charge is 0.372 e. The van der Waals surface area contributed by atoms with E-state index in [0.717, 1.165) is 5.92 Å². The van der Waals surface area contributed by atoms with Gasteiger partial charge in [-0.25, -0.2) is 0 Å². The number of nitrogens with zero attached hydrogens (tertiary/aromatic N) is 2. The Labute approximate surface area is 142 Å². The normalized spacial score (nSPS) is 37.7. The number of likely N-dealkylation sites (tertiary alicyclic amines) is 1. The lowest BCUT2D eigenvalue weighted by Crippen LogP contribution is -2.62. The number of fused-ring (bicyclic) bond motifs is 2. The number of hydrogen-bond donors (Lipinski definition) is 0. The molecule has 1 aliphatic carbocycles. The van der Waals surface area contributed by atoms with Gasteiger partial charge >= 0.3 is 0 Å². The van der Waals surface area contributed by atoms with Gasteiger partial charge in [-0.05, 0) is 84.7 Å². The Morgan fingerprint density at radius 2 is 1.52 bits per heavy atom. The third-order valence-electron chi connectivity index (χ3n) is 7.43. The molecular weight excluding hydrogens is 284 g/mol. The van der Waals surface area contributed by atoms with Gasteiger partial charge in [-0.1, -0.05) is 0 Å². The van der Waals surface area contributed by atoms with E-state index in [1.165, 1.54) is 58.3 Å². The summed E-state index contributed by atoms with van der Waals surface area (Å²) in [5.74, 6) is 0.971. The minimum Gasteiger partial charge on any atom is -0.372 e. The molecule has 1 saturated carbocycles. The monoisotopic (exact) mass is 320 g/mol. The fraction of sp³-hybridized carbons (Fsp3) is 1.00. The zero-order chi connectivity index (χ0) is 16.5. The minimum atomic E-state index is 0.347. The van der Waals surface area contributed by atoms with E-state index in [2.05, 4.69) is 44.4 Å². The standard InChI is InChI=1S/C20H36N2O/c1-18(2,3)21-8-6-20(7-9-21)12-15(20)11-19(4,5)22-13-16-10-17(14-22)23-16/h15-17H,6-14H2,1-5H3/t15?,16-,17+. The van der Waals surface area contributed by atoms with E-state index in [9.17, 15) is 0 Å². The van der Waals surface area contributed by atoms with Crippen molar-refractivity contribution >= 4 is 0 Å². The van der Waals surface area contributed by atoms with Gasteiger partial charge in [-0.2, -0.15) is 0 Å². The number of morpholine rings is 1. The quantitative estimate of drug-likeness (QED) is 0.791. The van der Waals surface area contributed by atoms with Crippen molar-refractivity contribution in [1.29, 1.82) is 0 Å². The maximum Gasteiger partial charge on any atom is 0.0731 e. The lowest BCUT2D eigenvalue weighted by Gasteiger charge is -2.53. The Balaban J connectivity index is 1.31. The second kappa shape index (κ2) is 5.19. The Morgan fingerprint density at radius 3 is 2.04 bits per heavy atom. The second-order valence-corrected chi connectivity index (χ2v) is 10.5. The van der Waals surface area contributed by atoms with Gasteiger partial charge in [-0.15, -0.1) is 0 Å². The summed E-state index contributed by atoms with van der Waals surface area (Å²) in [6.07, 6.45) is 8.13. The smallest absolute Gasteiger partial charge is 0.0731 e. The molecule has 5 fully saturated rings. The average Bonchev–Trinajstić information content (AvgIpc) is 3.08. The molecule has 0 amide bonds. The summed E-state index contributed by atoms with van der Waals surface area (Å²) in [6.45, 7) is 17.0. The zero-order valence-corrected chi connectivity index (χ0v) is 15.9. The van der Waals surface area contributed by atoms with Crippen molar-refractivity contribution < 1.29 is 4.74 Å². The van der Waals surface area contributed by atoms with E-state index < -0.39 is 0 Å². The summed E-state index contributed by atoms with van der Waals surface area (Å²) in [4.78, 5) is 5.42. The molecule has 23 heavy (non-hydrogen) atoms. The van der Waals surface area contributed by atoms with Crippen molar-refractivity contribution in [1.82, 2.24) is 9.80 Å². The molecule has 3 atom stereocenters. The molecule has 0 radical (unpaired) electrons. The van der Waals surface area contributed by atoms with Crippen LogP contribution in [0.25, 0.3) is 0 Å². The van der Waals surface area contributed by atoms with Gasteiger partial charge in [0, 0.05) is 30.6 Å². The van der Waals surface area contributed by atoms with Crippen LogP contribution in [0.15, 0.2) is 0 Å². The molecular formula is C20H36N2O. The van der Waals surface area contributed by atoms with E-state index in [1.54, 1.807) is 0 Å². The number of hydrogen-bond acceptors (Lipinski definition) is 3. The number of ether oxygens (including phenoxy) is 1. The number of piperidine rings is 2. The van der Waals surface area contributed by atoms with Crippen LogP contribution in [-0.4, -0.2) is 59.3 Å². The first-order valence-corrected chi connectivity index (χ1v) is 9.84. The molecule has 5 aliphatic rings. The summed E-state index contributed by atoms with van der Waals surface area (Å²) in [5.41, 5.74) is 1.41. The van der Waals surface area contributed by atoms with Crippen molar-refractivity contribution in [2.24, 2.45) is 11.3 Å². The molecule has 1 unspecified atom stereocenters. The van der Waals surface area contributed by atoms with Gasteiger partial charge < -0.3 is 4.74 Å². The van der Waals surface area contributed by atoms with E-state index in [0.29, 0.717) is 28.7 Å². The van der Waals surface area contributed by atoms with Crippen LogP contribution in [-0.2, 0) is 4.74 Å². The molecule has 0 N–H and O–H groups in total. The third-order valence-corrected chi connectivity index (χ3v) is 7.43. The predicted molar refractivity (Wildman–Crippen MR) is 94.6 cm³/mol. The van der Waals surface area contributed by atoms with E-state index in [-0.39, 0.29) is 0 Å². The highest BCUT2D eigenvalue weighted by molar-refractivity contribution is 5.09. The van der Waals surface area contributed by atoms with Gasteiger partial charge in [-0.3, -0.25) is 9.80 Å². The van der Waals surface area contributed by atoms with E-state index in [4.69, 9.17) is 4.74 Å². The van der Waals surface area contributed by atoms with E-state index >= 15 is 0 Å². The molecule has 1 spiro atoms. The van der Waals surface area contributed by atoms with Gasteiger partial charge in [0.05, 0.1) is 12.2 Å². The highest BCUT2D eigenvalue weighted by atomic mass is 16.5. The number of rotatable bonds is 3. The second-order valence-electron chi connectivity index (χ2n) is 10.5. The lowest BCUT2D eigenvalue weighted by atomic mass is 9.83. The van der Waals surface area contributed by atoms with Crippen LogP contribution in [0.2, 0.25) is 0 Å². The summed E-state index contributed by atoms with van der Waals surface area (Å²) >= 11 is 0. The highest BCUT2D eigenvalue weighted by Gasteiger charge is 2.57. The van der Waals surface area contributed by atoms with Crippen LogP contribution >= 0.6 is 0 Å². The van der Waals surface area contributed by atoms with Crippen molar-refractivity contribution in [3.8, 4) is 0 Å². The molecule has 2 bridgehead atoms. The van der Waals surface area contributed by atoms with Crippen LogP contribution in [0.5, 0.6) is 0 Å². The third kappa shape index (κ3) is 2.98. The minimum absolute atomic E-state index is 0.347. The first-order chi connectivity index (χ1) is 10.7. The topological polar surface area (TPSA) is 15.7 Å². The van der Waals surface area contributed by atoms with Crippen LogP contribution in [0, 0.1) is 11.3 Å². The maximum atomic E-state index is 5.83. The Kier molecular flexibility index (Phi) is 3.69. The molecule has 4 heterocycles. The van der Waals surface area contributed by atoms with Crippen LogP contribution in [0.1, 0.15) is 66.7 Å². The Hall–Kier alpha value is -0.120. The molecule has 132 valence electrons. The van der Waals surface area contributed by atoms with Gasteiger partial charge in [0.15, 0.2) is 0 Å². The Morgan fingerprint density at radius 1 is 0.957 bits per heavy atom. The lowest BCUT2D eigenvalue weighted by molar-refractivity contribution is -0.198. The van der Waals surface area contributed by atoms with Crippen molar-refractivity contribution in [2.45, 2.75) is 90.0 Å². The average molecular weight is 321 g/mol. The van der Waals surface area contributed by atoms with E-state index in [1.807, 2.05) is 0 Å². The first-order valence-electron chi connectivity index (χ1n) is 9.84. The highest BCUT2D eigenvalue weighted by Crippen LogP contribution is 2.62. The molecule has 4 saturated heterocycles. The molecule has 3 nitrogen and oxygen atoms in total. The zero-order valence-electron chi connectivity index (χ0n) is 15.9. The molecule has 0 aromatic heterocycles.